The molecular weight excluding hydrogens is 368 g/mol. The first-order valence-corrected chi connectivity index (χ1v) is 9.00. The normalized spacial score (nSPS) is 14.6. The fourth-order valence-electron chi connectivity index (χ4n) is 2.44. The maximum absolute atomic E-state index is 10.4. The minimum absolute atomic E-state index is 0.282. The monoisotopic (exact) mass is 390 g/mol. The predicted octanol–water partition coefficient (Wildman–Crippen LogP) is 2.46. The second-order valence-electron chi connectivity index (χ2n) is 6.44. The van der Waals surface area contributed by atoms with Gasteiger partial charge in [-0.25, -0.2) is 0 Å². The van der Waals surface area contributed by atoms with E-state index in [0.29, 0.717) is 11.1 Å². The molecule has 0 aliphatic carbocycles. The predicted molar refractivity (Wildman–Crippen MR) is 110 cm³/mol. The Hall–Kier alpha value is -3.80. The zero-order valence-corrected chi connectivity index (χ0v) is 16.3. The van der Waals surface area contributed by atoms with Gasteiger partial charge in [0.2, 0.25) is 0 Å². The molecule has 0 saturated heterocycles. The van der Waals surface area contributed by atoms with E-state index < -0.39 is 0 Å². The Morgan fingerprint density at radius 3 is 1.14 bits per heavy atom. The van der Waals surface area contributed by atoms with Crippen LogP contribution in [0.5, 0.6) is 0 Å². The Morgan fingerprint density at radius 1 is 0.586 bits per heavy atom. The minimum atomic E-state index is -0.312. The van der Waals surface area contributed by atoms with Crippen molar-refractivity contribution in [2.75, 3.05) is 0 Å². The average Bonchev–Trinajstić information content (AvgIpc) is 3.15. The molecule has 2 aromatic carbocycles. The maximum atomic E-state index is 10.4. The summed E-state index contributed by atoms with van der Waals surface area (Å²) in [5.74, 6) is -1.19. The molecule has 4 amide bonds. The quantitative estimate of drug-likeness (QED) is 0.771. The average molecular weight is 390 g/mol. The summed E-state index contributed by atoms with van der Waals surface area (Å²) in [6.45, 7) is 3.19. The van der Waals surface area contributed by atoms with E-state index >= 15 is 0 Å². The number of carbonyl (C=O) groups excluding carboxylic acids is 4. The van der Waals surface area contributed by atoms with Crippen LogP contribution in [0.4, 0.5) is 0 Å². The summed E-state index contributed by atoms with van der Waals surface area (Å²) in [6, 6.07) is 21.1. The zero-order valence-electron chi connectivity index (χ0n) is 16.3. The van der Waals surface area contributed by atoms with E-state index in [-0.39, 0.29) is 23.6 Å². The number of nitrogens with one attached hydrogen (secondary N) is 2. The van der Waals surface area contributed by atoms with Crippen molar-refractivity contribution < 1.29 is 19.2 Å². The molecule has 0 spiro atoms. The van der Waals surface area contributed by atoms with Crippen LogP contribution in [0.1, 0.15) is 25.0 Å². The van der Waals surface area contributed by atoms with Crippen LogP contribution in [0.2, 0.25) is 0 Å². The molecular formula is C23H22N2O4. The molecule has 2 aliphatic heterocycles. The second-order valence-corrected chi connectivity index (χ2v) is 6.44. The van der Waals surface area contributed by atoms with Gasteiger partial charge >= 0.3 is 0 Å². The van der Waals surface area contributed by atoms with E-state index in [1.54, 1.807) is 13.8 Å². The van der Waals surface area contributed by atoms with Crippen molar-refractivity contribution in [3.63, 3.8) is 0 Å². The van der Waals surface area contributed by atoms with E-state index in [1.807, 2.05) is 0 Å². The molecule has 6 heteroatoms. The van der Waals surface area contributed by atoms with Gasteiger partial charge in [0.15, 0.2) is 0 Å². The molecule has 6 nitrogen and oxygen atoms in total. The molecule has 148 valence electrons. The Labute approximate surface area is 169 Å². The van der Waals surface area contributed by atoms with Crippen LogP contribution in [0.3, 0.4) is 0 Å². The van der Waals surface area contributed by atoms with Crippen LogP contribution in [0, 0.1) is 0 Å². The Kier molecular flexibility index (Phi) is 7.79. The maximum Gasteiger partial charge on any atom is 0.253 e. The van der Waals surface area contributed by atoms with Crippen molar-refractivity contribution in [3.8, 4) is 0 Å². The molecule has 2 N–H and O–H groups in total. The number of rotatable bonds is 2. The molecule has 0 fully saturated rings. The van der Waals surface area contributed by atoms with Gasteiger partial charge in [-0.2, -0.15) is 0 Å². The van der Waals surface area contributed by atoms with Gasteiger partial charge in [-0.05, 0) is 31.4 Å². The highest BCUT2D eigenvalue weighted by molar-refractivity contribution is 6.16. The van der Waals surface area contributed by atoms with Gasteiger partial charge in [-0.3, -0.25) is 29.8 Å². The largest absolute Gasteiger partial charge is 0.289 e. The first-order chi connectivity index (χ1) is 13.8. The first-order valence-electron chi connectivity index (χ1n) is 9.00. The number of imide groups is 2. The molecule has 0 saturated carbocycles. The van der Waals surface area contributed by atoms with Crippen molar-refractivity contribution in [2.24, 2.45) is 0 Å². The molecule has 0 unspecified atom stereocenters. The molecule has 0 radical (unpaired) electrons. The highest BCUT2D eigenvalue weighted by Gasteiger charge is 2.15. The van der Waals surface area contributed by atoms with Crippen molar-refractivity contribution in [2.45, 2.75) is 20.3 Å². The highest BCUT2D eigenvalue weighted by atomic mass is 16.2. The van der Waals surface area contributed by atoms with E-state index in [9.17, 15) is 19.2 Å². The summed E-state index contributed by atoms with van der Waals surface area (Å²) in [5, 5.41) is 4.19. The number of hydrogen-bond donors (Lipinski definition) is 2. The second kappa shape index (κ2) is 10.5. The van der Waals surface area contributed by atoms with Gasteiger partial charge < -0.3 is 0 Å². The fourth-order valence-corrected chi connectivity index (χ4v) is 2.44. The zero-order chi connectivity index (χ0) is 21.2. The fraction of sp³-hybridized carbons (Fsp3) is 0.130. The van der Waals surface area contributed by atoms with Crippen molar-refractivity contribution in [3.05, 3.63) is 95.1 Å². The van der Waals surface area contributed by atoms with E-state index in [0.717, 1.165) is 6.42 Å². The number of benzene rings is 2. The van der Waals surface area contributed by atoms with E-state index in [4.69, 9.17) is 0 Å². The highest BCUT2D eigenvalue weighted by Crippen LogP contribution is 2.07. The van der Waals surface area contributed by atoms with Crippen molar-refractivity contribution in [1.29, 1.82) is 0 Å². The summed E-state index contributed by atoms with van der Waals surface area (Å²) >= 11 is 0. The molecule has 29 heavy (non-hydrogen) atoms. The molecule has 0 bridgehead atoms. The lowest BCUT2D eigenvalue weighted by atomic mass is 10.1. The standard InChI is InChI=1S/C13H12.2C5H5NO2/c1-3-7-12(8-4-1)11-13-9-5-2-6-10-13;2*1-3-2-4(7)6-5(3)8/h1-10H,11H2;2*2H,1H3,(H,6,7,8). The molecule has 0 atom stereocenters. The summed E-state index contributed by atoms with van der Waals surface area (Å²) in [4.78, 5) is 41.3. The molecule has 2 aliphatic rings. The lowest BCUT2D eigenvalue weighted by molar-refractivity contribution is -0.125. The summed E-state index contributed by atoms with van der Waals surface area (Å²) in [5.41, 5.74) is 3.70. The lowest BCUT2D eigenvalue weighted by Crippen LogP contribution is -2.21. The van der Waals surface area contributed by atoms with Gasteiger partial charge in [0, 0.05) is 23.3 Å². The van der Waals surface area contributed by atoms with Gasteiger partial charge in [-0.15, -0.1) is 0 Å². The van der Waals surface area contributed by atoms with Gasteiger partial charge in [0.1, 0.15) is 0 Å². The van der Waals surface area contributed by atoms with E-state index in [1.165, 1.54) is 23.3 Å². The van der Waals surface area contributed by atoms with Crippen LogP contribution in [-0.4, -0.2) is 23.6 Å². The lowest BCUT2D eigenvalue weighted by Gasteiger charge is -2.00. The van der Waals surface area contributed by atoms with Crippen LogP contribution >= 0.6 is 0 Å². The smallest absolute Gasteiger partial charge is 0.253 e. The molecule has 0 aromatic heterocycles. The molecule has 4 rings (SSSR count). The van der Waals surface area contributed by atoms with Crippen LogP contribution in [0.25, 0.3) is 0 Å². The van der Waals surface area contributed by atoms with Gasteiger partial charge in [0.05, 0.1) is 0 Å². The Balaban J connectivity index is 0.000000164. The van der Waals surface area contributed by atoms with Crippen LogP contribution in [-0.2, 0) is 25.6 Å². The third-order valence-electron chi connectivity index (χ3n) is 3.98. The molecule has 2 aromatic rings. The third kappa shape index (κ3) is 7.38. The summed E-state index contributed by atoms with van der Waals surface area (Å²) in [6.07, 6.45) is 3.59. The Morgan fingerprint density at radius 2 is 0.931 bits per heavy atom. The van der Waals surface area contributed by atoms with Crippen LogP contribution in [0.15, 0.2) is 84.0 Å². The Bertz CT molecular complexity index is 881. The number of amides is 4. The number of carbonyl (C=O) groups is 4. The van der Waals surface area contributed by atoms with Crippen molar-refractivity contribution >= 4 is 23.6 Å². The van der Waals surface area contributed by atoms with Crippen LogP contribution < -0.4 is 10.6 Å². The topological polar surface area (TPSA) is 92.3 Å². The SMILES string of the molecule is CC1=CC(=O)NC1=O.CC1=CC(=O)NC1=O.c1ccc(Cc2ccccc2)cc1. The summed E-state index contributed by atoms with van der Waals surface area (Å²) in [7, 11) is 0. The summed E-state index contributed by atoms with van der Waals surface area (Å²) < 4.78 is 0. The van der Waals surface area contributed by atoms with E-state index in [2.05, 4.69) is 71.3 Å². The van der Waals surface area contributed by atoms with Gasteiger partial charge in [-0.1, -0.05) is 60.7 Å². The van der Waals surface area contributed by atoms with Gasteiger partial charge in [0.25, 0.3) is 23.6 Å². The first kappa shape index (κ1) is 21.5. The van der Waals surface area contributed by atoms with Crippen molar-refractivity contribution in [1.82, 2.24) is 10.6 Å². The third-order valence-corrected chi connectivity index (χ3v) is 3.98. The molecule has 2 heterocycles. The number of hydrogen-bond acceptors (Lipinski definition) is 4. The minimum Gasteiger partial charge on any atom is -0.289 e.